The third-order valence-corrected chi connectivity index (χ3v) is 5.40. The first-order valence-corrected chi connectivity index (χ1v) is 10.3. The Balaban J connectivity index is 0.000000168. The molecule has 1 aliphatic carbocycles. The van der Waals surface area contributed by atoms with E-state index in [1.807, 2.05) is 36.4 Å². The molecule has 0 radical (unpaired) electrons. The number of isocyanates is 4. The molecule has 166 valence electrons. The summed E-state index contributed by atoms with van der Waals surface area (Å²) in [6.07, 6.45) is 6.82. The van der Waals surface area contributed by atoms with Crippen molar-refractivity contribution in [1.82, 2.24) is 0 Å². The van der Waals surface area contributed by atoms with Gasteiger partial charge in [-0.1, -0.05) is 42.5 Å². The van der Waals surface area contributed by atoms with Crippen molar-refractivity contribution in [3.8, 4) is 11.1 Å². The highest BCUT2D eigenvalue weighted by Gasteiger charge is 2.21. The predicted octanol–water partition coefficient (Wildman–Crippen LogP) is 5.97. The number of aliphatic imine (C=N–C) groups is 4. The Kier molecular flexibility index (Phi) is 6.86. The van der Waals surface area contributed by atoms with Crippen LogP contribution in [0.1, 0.15) is 11.1 Å². The van der Waals surface area contributed by atoms with Gasteiger partial charge in [-0.3, -0.25) is 0 Å². The van der Waals surface area contributed by atoms with Crippen molar-refractivity contribution in [2.45, 2.75) is 6.42 Å². The summed E-state index contributed by atoms with van der Waals surface area (Å²) < 4.78 is 0. The Morgan fingerprint density at radius 3 is 1.77 bits per heavy atom. The van der Waals surface area contributed by atoms with Crippen LogP contribution in [0, 0.1) is 0 Å². The zero-order valence-corrected chi connectivity index (χ0v) is 18.1. The summed E-state index contributed by atoms with van der Waals surface area (Å²) in [7, 11) is 0. The minimum Gasteiger partial charge on any atom is -0.211 e. The van der Waals surface area contributed by atoms with Gasteiger partial charge < -0.3 is 0 Å². The first-order chi connectivity index (χ1) is 17.2. The largest absolute Gasteiger partial charge is 0.240 e. The van der Waals surface area contributed by atoms with Crippen LogP contribution in [-0.2, 0) is 25.6 Å². The Morgan fingerprint density at radius 1 is 0.571 bits per heavy atom. The van der Waals surface area contributed by atoms with Crippen molar-refractivity contribution in [2.24, 2.45) is 20.0 Å². The molecule has 5 rings (SSSR count). The molecule has 0 N–H and O–H groups in total. The molecule has 0 aliphatic heterocycles. The van der Waals surface area contributed by atoms with Gasteiger partial charge in [0.05, 0.1) is 22.7 Å². The van der Waals surface area contributed by atoms with E-state index in [4.69, 9.17) is 0 Å². The van der Waals surface area contributed by atoms with Gasteiger partial charge in [0.25, 0.3) is 0 Å². The van der Waals surface area contributed by atoms with Gasteiger partial charge in [0.2, 0.25) is 24.3 Å². The van der Waals surface area contributed by atoms with E-state index in [0.29, 0.717) is 28.1 Å². The summed E-state index contributed by atoms with van der Waals surface area (Å²) in [6.45, 7) is 0. The van der Waals surface area contributed by atoms with Gasteiger partial charge in [-0.2, -0.15) is 20.0 Å². The summed E-state index contributed by atoms with van der Waals surface area (Å²) in [4.78, 5) is 55.9. The summed E-state index contributed by atoms with van der Waals surface area (Å²) in [5, 5.41) is 1.50. The zero-order chi connectivity index (χ0) is 24.6. The molecule has 0 bridgehead atoms. The van der Waals surface area contributed by atoms with Gasteiger partial charge in [-0.05, 0) is 58.8 Å². The number of rotatable bonds is 4. The maximum atomic E-state index is 10.5. The molecule has 0 amide bonds. The monoisotopic (exact) mass is 458 g/mol. The fraction of sp³-hybridized carbons (Fsp3) is 0.0370. The molecule has 0 saturated heterocycles. The lowest BCUT2D eigenvalue weighted by Crippen LogP contribution is -1.79. The van der Waals surface area contributed by atoms with Gasteiger partial charge in [0.15, 0.2) is 0 Å². The van der Waals surface area contributed by atoms with E-state index in [2.05, 4.69) is 20.0 Å². The Bertz CT molecular complexity index is 1600. The van der Waals surface area contributed by atoms with E-state index >= 15 is 0 Å². The van der Waals surface area contributed by atoms with Crippen LogP contribution < -0.4 is 0 Å². The molecular weight excluding hydrogens is 444 g/mol. The van der Waals surface area contributed by atoms with E-state index < -0.39 is 0 Å². The molecule has 4 aromatic carbocycles. The maximum Gasteiger partial charge on any atom is 0.240 e. The molecule has 35 heavy (non-hydrogen) atoms. The van der Waals surface area contributed by atoms with Crippen molar-refractivity contribution < 1.29 is 19.2 Å². The SMILES string of the molecule is O=C=Nc1ccc2c(c1)Cc1cccc(N=C=O)c1-2.O=C=Nc1cccc2cccc(N=C=O)c12. The maximum absolute atomic E-state index is 10.5. The Labute approximate surface area is 198 Å². The average molecular weight is 458 g/mol. The summed E-state index contributed by atoms with van der Waals surface area (Å²) >= 11 is 0. The summed E-state index contributed by atoms with van der Waals surface area (Å²) in [5.41, 5.74) is 6.26. The van der Waals surface area contributed by atoms with Gasteiger partial charge in [0.1, 0.15) is 0 Å². The molecule has 8 heteroatoms. The molecule has 0 fully saturated rings. The molecule has 0 atom stereocenters. The van der Waals surface area contributed by atoms with Crippen LogP contribution in [0.25, 0.3) is 21.9 Å². The highest BCUT2D eigenvalue weighted by atomic mass is 16.1. The molecule has 0 saturated carbocycles. The molecule has 4 aromatic rings. The molecule has 8 nitrogen and oxygen atoms in total. The molecule has 0 spiro atoms. The predicted molar refractivity (Wildman–Crippen MR) is 130 cm³/mol. The van der Waals surface area contributed by atoms with Crippen molar-refractivity contribution >= 4 is 57.8 Å². The van der Waals surface area contributed by atoms with Crippen LogP contribution in [0.4, 0.5) is 22.7 Å². The van der Waals surface area contributed by atoms with Gasteiger partial charge in [-0.25, -0.2) is 19.2 Å². The van der Waals surface area contributed by atoms with Gasteiger partial charge >= 0.3 is 0 Å². The average Bonchev–Trinajstić information content (AvgIpc) is 3.24. The summed E-state index contributed by atoms with van der Waals surface area (Å²) in [5.74, 6) is 0. The van der Waals surface area contributed by atoms with E-state index in [1.165, 1.54) is 18.2 Å². The lowest BCUT2D eigenvalue weighted by molar-refractivity contribution is 0.564. The van der Waals surface area contributed by atoms with Crippen LogP contribution in [0.15, 0.2) is 92.8 Å². The Hall–Kier alpha value is -5.34. The number of nitrogens with zero attached hydrogens (tertiary/aromatic N) is 4. The fourth-order valence-electron chi connectivity index (χ4n) is 4.07. The Morgan fingerprint density at radius 2 is 1.14 bits per heavy atom. The second-order valence-electron chi connectivity index (χ2n) is 7.29. The topological polar surface area (TPSA) is 118 Å². The lowest BCUT2D eigenvalue weighted by Gasteiger charge is -2.03. The third kappa shape index (κ3) is 4.72. The third-order valence-electron chi connectivity index (χ3n) is 5.40. The molecular formula is C27H14N4O4. The van der Waals surface area contributed by atoms with Gasteiger partial charge in [0, 0.05) is 10.9 Å². The fourth-order valence-corrected chi connectivity index (χ4v) is 4.07. The standard InChI is InChI=1S/C15H8N2O2.C12H6N2O2/c18-8-16-12-4-5-13-11(7-12)6-10-2-1-3-14(15(10)13)17-9-19;15-7-13-10-5-1-3-9-4-2-6-11(12(9)10)14-8-16/h1-5,7H,6H2;1-6H. The molecule has 1 aliphatic rings. The van der Waals surface area contributed by atoms with E-state index in [1.54, 1.807) is 42.5 Å². The van der Waals surface area contributed by atoms with Crippen LogP contribution in [0.5, 0.6) is 0 Å². The van der Waals surface area contributed by atoms with Gasteiger partial charge in [-0.15, -0.1) is 0 Å². The minimum atomic E-state index is 0.446. The number of hydrogen-bond acceptors (Lipinski definition) is 8. The number of fused-ring (bicyclic) bond motifs is 4. The lowest BCUT2D eigenvalue weighted by atomic mass is 10.0. The second-order valence-corrected chi connectivity index (χ2v) is 7.29. The van der Waals surface area contributed by atoms with Crippen LogP contribution in [0.3, 0.4) is 0 Å². The number of benzene rings is 4. The van der Waals surface area contributed by atoms with Crippen molar-refractivity contribution in [3.05, 3.63) is 83.9 Å². The quantitative estimate of drug-likeness (QED) is 0.244. The number of hydrogen-bond donors (Lipinski definition) is 0. The van der Waals surface area contributed by atoms with E-state index in [-0.39, 0.29) is 0 Å². The normalized spacial score (nSPS) is 10.2. The highest BCUT2D eigenvalue weighted by molar-refractivity contribution is 6.01. The molecule has 0 unspecified atom stereocenters. The number of carbonyl (C=O) groups excluding carboxylic acids is 4. The van der Waals surface area contributed by atoms with Crippen molar-refractivity contribution in [1.29, 1.82) is 0 Å². The zero-order valence-electron chi connectivity index (χ0n) is 18.1. The van der Waals surface area contributed by atoms with E-state index in [9.17, 15) is 19.2 Å². The molecule has 0 heterocycles. The highest BCUT2D eigenvalue weighted by Crippen LogP contribution is 2.43. The van der Waals surface area contributed by atoms with Crippen LogP contribution >= 0.6 is 0 Å². The minimum absolute atomic E-state index is 0.446. The summed E-state index contributed by atoms with van der Waals surface area (Å²) in [6, 6.07) is 21.7. The second kappa shape index (κ2) is 10.5. The molecule has 0 aromatic heterocycles. The van der Waals surface area contributed by atoms with Crippen LogP contribution in [0.2, 0.25) is 0 Å². The van der Waals surface area contributed by atoms with Crippen molar-refractivity contribution in [2.75, 3.05) is 0 Å². The first-order valence-electron chi connectivity index (χ1n) is 10.3. The van der Waals surface area contributed by atoms with Crippen LogP contribution in [-0.4, -0.2) is 24.3 Å². The van der Waals surface area contributed by atoms with Crippen molar-refractivity contribution in [3.63, 3.8) is 0 Å². The van der Waals surface area contributed by atoms with E-state index in [0.717, 1.165) is 34.1 Å². The smallest absolute Gasteiger partial charge is 0.211 e. The first kappa shape index (κ1) is 22.8.